The third kappa shape index (κ3) is 62.3. The summed E-state index contributed by atoms with van der Waals surface area (Å²) in [5.74, 6) is -0.375. The Morgan fingerprint density at radius 3 is 0.522 bits per heavy atom. The van der Waals surface area contributed by atoms with E-state index in [-0.39, 0.29) is 95.0 Å². The summed E-state index contributed by atoms with van der Waals surface area (Å²) >= 11 is 0. The topological polar surface area (TPSA) is 134 Å². The fraction of sp³-hybridized carbons (Fsp3) is 0.600. The largest absolute Gasteiger partial charge is 0.412 e. The van der Waals surface area contributed by atoms with Gasteiger partial charge in [-0.1, -0.05) is 0 Å². The standard InChI is InChI=1S/3C5H8O2.La.H2O/c3*1-4(6)3-5(2)7;;/h3*3H2,1-2H3;;1H2. The minimum absolute atomic E-state index is 0. The van der Waals surface area contributed by atoms with Crippen LogP contribution < -0.4 is 0 Å². The second kappa shape index (κ2) is 21.2. The molecular formula is C15H26LaO7. The zero-order valence-corrected chi connectivity index (χ0v) is 18.3. The van der Waals surface area contributed by atoms with Gasteiger partial charge in [0.05, 0.1) is 19.3 Å². The summed E-state index contributed by atoms with van der Waals surface area (Å²) in [5.41, 5.74) is 0. The van der Waals surface area contributed by atoms with Gasteiger partial charge in [0.25, 0.3) is 0 Å². The molecule has 0 aliphatic rings. The molecule has 0 unspecified atom stereocenters. The summed E-state index contributed by atoms with van der Waals surface area (Å²) in [6.07, 6.45) is 0.250. The average molecular weight is 457 g/mol. The molecule has 0 aliphatic carbocycles. The van der Waals surface area contributed by atoms with Gasteiger partial charge in [-0.25, -0.2) is 0 Å². The molecule has 0 bridgehead atoms. The van der Waals surface area contributed by atoms with Gasteiger partial charge < -0.3 is 5.48 Å². The SMILES string of the molecule is CC(=O)CC(C)=O.CC(=O)CC(C)=O.CC(=O)CC(C)=O.O.[La]. The van der Waals surface area contributed by atoms with E-state index in [0.717, 1.165) is 0 Å². The average Bonchev–Trinajstić information content (AvgIpc) is 2.10. The van der Waals surface area contributed by atoms with Crippen LogP contribution in [0.2, 0.25) is 0 Å². The molecule has 0 aromatic rings. The summed E-state index contributed by atoms with van der Waals surface area (Å²) < 4.78 is 0. The van der Waals surface area contributed by atoms with Crippen molar-refractivity contribution in [2.45, 2.75) is 60.8 Å². The van der Waals surface area contributed by atoms with Crippen LogP contribution in [-0.2, 0) is 28.8 Å². The predicted molar refractivity (Wildman–Crippen MR) is 81.6 cm³/mol. The van der Waals surface area contributed by atoms with Gasteiger partial charge in [-0.3, -0.25) is 28.8 Å². The Morgan fingerprint density at radius 2 is 0.522 bits per heavy atom. The molecule has 0 aromatic carbocycles. The molecule has 0 saturated carbocycles. The molecular weight excluding hydrogens is 431 g/mol. The maximum Gasteiger partial charge on any atom is 0.137 e. The molecule has 2 N–H and O–H groups in total. The van der Waals surface area contributed by atoms with Crippen LogP contribution in [-0.4, -0.2) is 40.2 Å². The molecule has 8 heteroatoms. The van der Waals surface area contributed by atoms with E-state index in [2.05, 4.69) is 0 Å². The van der Waals surface area contributed by atoms with Crippen molar-refractivity contribution in [3.05, 3.63) is 0 Å². The molecule has 1 radical (unpaired) electrons. The van der Waals surface area contributed by atoms with E-state index in [0.29, 0.717) is 0 Å². The van der Waals surface area contributed by atoms with E-state index in [1.165, 1.54) is 41.5 Å². The van der Waals surface area contributed by atoms with Crippen molar-refractivity contribution in [3.8, 4) is 0 Å². The fourth-order valence-corrected chi connectivity index (χ4v) is 1.05. The fourth-order valence-electron chi connectivity index (χ4n) is 1.05. The minimum atomic E-state index is -0.0625. The van der Waals surface area contributed by atoms with Crippen LogP contribution in [0, 0.1) is 35.6 Å². The van der Waals surface area contributed by atoms with Crippen molar-refractivity contribution < 1.29 is 69.8 Å². The van der Waals surface area contributed by atoms with Crippen LogP contribution in [0.1, 0.15) is 60.8 Å². The Kier molecular flexibility index (Phi) is 31.0. The quantitative estimate of drug-likeness (QED) is 0.543. The van der Waals surface area contributed by atoms with Gasteiger partial charge in [0, 0.05) is 35.6 Å². The summed E-state index contributed by atoms with van der Waals surface area (Å²) in [6.45, 7) is 8.42. The molecule has 7 nitrogen and oxygen atoms in total. The number of ketones is 6. The molecule has 0 aromatic heterocycles. The molecule has 0 atom stereocenters. The second-order valence-corrected chi connectivity index (χ2v) is 4.74. The number of carbonyl (C=O) groups is 6. The Morgan fingerprint density at radius 1 is 0.435 bits per heavy atom. The Bertz CT molecular complexity index is 316. The first-order valence-electron chi connectivity index (χ1n) is 6.35. The van der Waals surface area contributed by atoms with E-state index in [4.69, 9.17) is 0 Å². The molecule has 0 saturated heterocycles. The first-order valence-corrected chi connectivity index (χ1v) is 6.35. The van der Waals surface area contributed by atoms with Crippen LogP contribution in [0.4, 0.5) is 0 Å². The van der Waals surface area contributed by atoms with Crippen molar-refractivity contribution in [3.63, 3.8) is 0 Å². The van der Waals surface area contributed by atoms with Crippen molar-refractivity contribution in [1.29, 1.82) is 0 Å². The zero-order chi connectivity index (χ0) is 17.6. The van der Waals surface area contributed by atoms with E-state index >= 15 is 0 Å². The van der Waals surface area contributed by atoms with Crippen molar-refractivity contribution in [2.75, 3.05) is 0 Å². The first-order chi connectivity index (χ1) is 9.38. The number of hydrogen-bond donors (Lipinski definition) is 0. The van der Waals surface area contributed by atoms with Crippen LogP contribution in [0.3, 0.4) is 0 Å². The molecule has 23 heavy (non-hydrogen) atoms. The van der Waals surface area contributed by atoms with Crippen molar-refractivity contribution in [2.24, 2.45) is 0 Å². The first kappa shape index (κ1) is 33.7. The molecule has 131 valence electrons. The normalized spacial score (nSPS) is 7.57. The summed E-state index contributed by atoms with van der Waals surface area (Å²) in [4.78, 5) is 60.2. The van der Waals surface area contributed by atoms with E-state index < -0.39 is 0 Å². The van der Waals surface area contributed by atoms with Gasteiger partial charge in [0.2, 0.25) is 0 Å². The van der Waals surface area contributed by atoms with Crippen LogP contribution in [0.5, 0.6) is 0 Å². The van der Waals surface area contributed by atoms with Crippen LogP contribution in [0.15, 0.2) is 0 Å². The monoisotopic (exact) mass is 457 g/mol. The molecule has 0 fully saturated rings. The number of hydrogen-bond acceptors (Lipinski definition) is 6. The van der Waals surface area contributed by atoms with Gasteiger partial charge in [-0.2, -0.15) is 0 Å². The molecule has 0 amide bonds. The maximum absolute atomic E-state index is 10.0. The van der Waals surface area contributed by atoms with Gasteiger partial charge in [-0.05, 0) is 41.5 Å². The third-order valence-electron chi connectivity index (χ3n) is 1.49. The van der Waals surface area contributed by atoms with E-state index in [1.54, 1.807) is 0 Å². The second-order valence-electron chi connectivity index (χ2n) is 4.74. The minimum Gasteiger partial charge on any atom is -0.412 e. The summed E-state index contributed by atoms with van der Waals surface area (Å²) in [5, 5.41) is 0. The Labute approximate surface area is 164 Å². The van der Waals surface area contributed by atoms with E-state index in [1.807, 2.05) is 0 Å². The molecule has 0 heterocycles. The van der Waals surface area contributed by atoms with Crippen LogP contribution >= 0.6 is 0 Å². The van der Waals surface area contributed by atoms with Gasteiger partial charge in [0.15, 0.2) is 0 Å². The van der Waals surface area contributed by atoms with Gasteiger partial charge in [-0.15, -0.1) is 0 Å². The number of carbonyl (C=O) groups excluding carboxylic acids is 6. The zero-order valence-electron chi connectivity index (χ0n) is 14.6. The maximum atomic E-state index is 10.0. The van der Waals surface area contributed by atoms with Gasteiger partial charge >= 0.3 is 0 Å². The molecule has 0 rings (SSSR count). The van der Waals surface area contributed by atoms with Crippen LogP contribution in [0.25, 0.3) is 0 Å². The molecule has 0 aliphatic heterocycles. The number of rotatable bonds is 6. The third-order valence-corrected chi connectivity index (χ3v) is 1.49. The number of Topliss-reactive ketones (excluding diaryl/α,β-unsaturated/α-hetero) is 6. The van der Waals surface area contributed by atoms with Gasteiger partial charge in [0.1, 0.15) is 34.7 Å². The van der Waals surface area contributed by atoms with E-state index in [9.17, 15) is 28.8 Å². The smallest absolute Gasteiger partial charge is 0.137 e. The van der Waals surface area contributed by atoms with Crippen molar-refractivity contribution >= 4 is 34.7 Å². The Hall–Kier alpha value is -0.825. The predicted octanol–water partition coefficient (Wildman–Crippen LogP) is 0.839. The summed E-state index contributed by atoms with van der Waals surface area (Å²) in [6, 6.07) is 0. The molecule has 0 spiro atoms. The summed E-state index contributed by atoms with van der Waals surface area (Å²) in [7, 11) is 0. The van der Waals surface area contributed by atoms with Crippen molar-refractivity contribution in [1.82, 2.24) is 0 Å². The Balaban J connectivity index is -0.0000000675.